The van der Waals surface area contributed by atoms with Crippen molar-refractivity contribution in [1.82, 2.24) is 0 Å². The van der Waals surface area contributed by atoms with Gasteiger partial charge in [-0.05, 0) is 0 Å². The second-order valence-electron chi connectivity index (χ2n) is 2.29. The summed E-state index contributed by atoms with van der Waals surface area (Å²) in [4.78, 5) is 0. The minimum absolute atomic E-state index is 0. The van der Waals surface area contributed by atoms with Crippen LogP contribution in [0.4, 0.5) is 0 Å². The zero-order valence-electron chi connectivity index (χ0n) is 10.2. The molecule has 0 radical (unpaired) electrons. The van der Waals surface area contributed by atoms with Crippen molar-refractivity contribution in [2.45, 2.75) is 26.7 Å². The molecule has 0 amide bonds. The summed E-state index contributed by atoms with van der Waals surface area (Å²) in [6, 6.07) is 0. The second kappa shape index (κ2) is 24.2. The molecule has 0 N–H and O–H groups in total. The monoisotopic (exact) mass is 384 g/mol. The Hall–Kier alpha value is -0.210. The van der Waals surface area contributed by atoms with Crippen molar-refractivity contribution in [2.75, 3.05) is 6.61 Å². The Balaban J connectivity index is -0.000000147. The van der Waals surface area contributed by atoms with Crippen LogP contribution < -0.4 is 5.11 Å². The topological polar surface area (TPSA) is 23.1 Å². The molecule has 0 aliphatic heterocycles. The van der Waals surface area contributed by atoms with Crippen LogP contribution >= 0.6 is 0 Å². The smallest absolute Gasteiger partial charge is 0.855 e. The first-order valence-electron chi connectivity index (χ1n) is 5.14. The van der Waals surface area contributed by atoms with Crippen LogP contribution in [0.1, 0.15) is 26.7 Å². The maximum Gasteiger partial charge on any atom is 4.00 e. The van der Waals surface area contributed by atoms with Gasteiger partial charge in [-0.25, -0.2) is 24.3 Å². The Morgan fingerprint density at radius 1 is 1.06 bits per heavy atom. The molecule has 0 atom stereocenters. The van der Waals surface area contributed by atoms with Crippen molar-refractivity contribution in [1.29, 1.82) is 0 Å². The van der Waals surface area contributed by atoms with Gasteiger partial charge in [0.25, 0.3) is 0 Å². The molecule has 0 heterocycles. The maximum absolute atomic E-state index is 8.93. The van der Waals surface area contributed by atoms with Crippen LogP contribution in [0.5, 0.6) is 0 Å². The Morgan fingerprint density at radius 2 is 1.38 bits per heavy atom. The first kappa shape index (κ1) is 21.1. The van der Waals surface area contributed by atoms with Gasteiger partial charge in [0, 0.05) is 0 Å². The minimum Gasteiger partial charge on any atom is -0.855 e. The van der Waals surface area contributed by atoms with E-state index in [4.69, 9.17) is 5.11 Å². The molecule has 0 spiro atoms. The van der Waals surface area contributed by atoms with Gasteiger partial charge in [-0.3, -0.25) is 12.2 Å². The van der Waals surface area contributed by atoms with Crippen molar-refractivity contribution in [2.24, 2.45) is 0 Å². The molecular formula is C14H20HfO. The zero-order valence-corrected chi connectivity index (χ0v) is 13.8. The van der Waals surface area contributed by atoms with Crippen LogP contribution in [0.25, 0.3) is 0 Å². The van der Waals surface area contributed by atoms with Crippen LogP contribution in [0.3, 0.4) is 0 Å². The van der Waals surface area contributed by atoms with E-state index in [9.17, 15) is 0 Å². The number of hydrogen-bond acceptors (Lipinski definition) is 1. The minimum atomic E-state index is 0. The van der Waals surface area contributed by atoms with E-state index < -0.39 is 0 Å². The van der Waals surface area contributed by atoms with Crippen molar-refractivity contribution in [3.05, 3.63) is 55.5 Å². The predicted molar refractivity (Wildman–Crippen MR) is 64.7 cm³/mol. The van der Waals surface area contributed by atoms with Gasteiger partial charge in [0.1, 0.15) is 0 Å². The average Bonchev–Trinajstić information content (AvgIpc) is 3.01. The third kappa shape index (κ3) is 23.5. The van der Waals surface area contributed by atoms with E-state index in [0.29, 0.717) is 0 Å². The molecule has 1 nitrogen and oxygen atoms in total. The molecule has 0 saturated heterocycles. The van der Waals surface area contributed by atoms with Crippen molar-refractivity contribution < 1.29 is 30.9 Å². The van der Waals surface area contributed by atoms with E-state index in [1.165, 1.54) is 0 Å². The summed E-state index contributed by atoms with van der Waals surface area (Å²) >= 11 is 0. The van der Waals surface area contributed by atoms with Crippen molar-refractivity contribution >= 4 is 0 Å². The van der Waals surface area contributed by atoms with Gasteiger partial charge >= 0.3 is 25.8 Å². The number of allylic oxidation sites excluding steroid dienone is 8. The van der Waals surface area contributed by atoms with E-state index >= 15 is 0 Å². The van der Waals surface area contributed by atoms with Gasteiger partial charge in [0.15, 0.2) is 0 Å². The summed E-state index contributed by atoms with van der Waals surface area (Å²) in [5.41, 5.74) is 0. The van der Waals surface area contributed by atoms with Crippen LogP contribution in [-0.2, 0) is 25.8 Å². The van der Waals surface area contributed by atoms with E-state index in [2.05, 4.69) is 31.2 Å². The maximum atomic E-state index is 8.93. The first-order chi connectivity index (χ1) is 7.41. The van der Waals surface area contributed by atoms with Crippen molar-refractivity contribution in [3.63, 3.8) is 0 Å². The fourth-order valence-electron chi connectivity index (χ4n) is 0.680. The Morgan fingerprint density at radius 3 is 1.44 bits per heavy atom. The zero-order chi connectivity index (χ0) is 11.8. The molecule has 86 valence electrons. The summed E-state index contributed by atoms with van der Waals surface area (Å²) < 4.78 is 0. The molecule has 2 rings (SSSR count). The SMILES string of the molecule is CC[O-].[C-]1=CC=CC1.[C-]1=CC=CC1.[CH2-]C.[Hf+4]. The molecule has 0 aromatic rings. The van der Waals surface area contributed by atoms with Crippen LogP contribution in [-0.4, -0.2) is 6.61 Å². The van der Waals surface area contributed by atoms with Crippen LogP contribution in [0.15, 0.2) is 36.5 Å². The third-order valence-electron chi connectivity index (χ3n) is 1.17. The Kier molecular flexibility index (Phi) is 31.9. The van der Waals surface area contributed by atoms with Gasteiger partial charge in [0.05, 0.1) is 0 Å². The largest absolute Gasteiger partial charge is 4.00 e. The second-order valence-corrected chi connectivity index (χ2v) is 2.29. The van der Waals surface area contributed by atoms with E-state index in [1.54, 1.807) is 13.8 Å². The van der Waals surface area contributed by atoms with Gasteiger partial charge in [-0.15, -0.1) is 19.4 Å². The molecule has 2 heteroatoms. The Bertz CT molecular complexity index is 161. The summed E-state index contributed by atoms with van der Waals surface area (Å²) in [7, 11) is 0. The number of hydrogen-bond donors (Lipinski definition) is 0. The fourth-order valence-corrected chi connectivity index (χ4v) is 0.680. The molecular weight excluding hydrogens is 363 g/mol. The first-order valence-corrected chi connectivity index (χ1v) is 5.14. The van der Waals surface area contributed by atoms with Crippen molar-refractivity contribution in [3.8, 4) is 0 Å². The quantitative estimate of drug-likeness (QED) is 0.467. The molecule has 0 aromatic carbocycles. The molecule has 0 bridgehead atoms. The summed E-state index contributed by atoms with van der Waals surface area (Å²) in [5.74, 6) is 0. The summed E-state index contributed by atoms with van der Waals surface area (Å²) in [6.07, 6.45) is 20.0. The molecule has 2 aliphatic rings. The molecule has 0 fully saturated rings. The van der Waals surface area contributed by atoms with Gasteiger partial charge in [-0.1, -0.05) is 6.92 Å². The molecule has 16 heavy (non-hydrogen) atoms. The summed E-state index contributed by atoms with van der Waals surface area (Å²) in [6.45, 7) is 6.57. The molecule has 0 unspecified atom stereocenters. The Labute approximate surface area is 119 Å². The predicted octanol–water partition coefficient (Wildman–Crippen LogP) is 2.82. The van der Waals surface area contributed by atoms with E-state index in [0.717, 1.165) is 12.8 Å². The van der Waals surface area contributed by atoms with Gasteiger partial charge < -0.3 is 12.0 Å². The number of rotatable bonds is 0. The summed E-state index contributed by atoms with van der Waals surface area (Å²) in [5, 5.41) is 8.93. The third-order valence-corrected chi connectivity index (χ3v) is 1.17. The molecule has 0 saturated carbocycles. The van der Waals surface area contributed by atoms with Crippen LogP contribution in [0.2, 0.25) is 0 Å². The fraction of sp³-hybridized carbons (Fsp3) is 0.357. The van der Waals surface area contributed by atoms with E-state index in [-0.39, 0.29) is 32.5 Å². The van der Waals surface area contributed by atoms with Gasteiger partial charge in [0.2, 0.25) is 0 Å². The molecule has 0 aromatic heterocycles. The van der Waals surface area contributed by atoms with Gasteiger partial charge in [-0.2, -0.15) is 19.1 Å². The standard InChI is InChI=1S/2C5H5.C2H5O.C2H5.Hf/c2*1-2-4-5-3-1;1-2-3;1-2;/h2*1-3H,4H2;2H2,1H3;1H2,2H3;/q4*-1;+4. The van der Waals surface area contributed by atoms with E-state index in [1.807, 2.05) is 24.3 Å². The molecule has 2 aliphatic carbocycles. The average molecular weight is 383 g/mol. The van der Waals surface area contributed by atoms with Crippen LogP contribution in [0, 0.1) is 19.1 Å². The normalized spacial score (nSPS) is 12.5.